The quantitative estimate of drug-likeness (QED) is 0.856. The molecule has 2 aromatic rings. The summed E-state index contributed by atoms with van der Waals surface area (Å²) in [7, 11) is 0. The molecule has 0 unspecified atom stereocenters. The van der Waals surface area contributed by atoms with Crippen molar-refractivity contribution < 1.29 is 9.84 Å². The highest BCUT2D eigenvalue weighted by Crippen LogP contribution is 2.32. The summed E-state index contributed by atoms with van der Waals surface area (Å²) in [4.78, 5) is 0. The van der Waals surface area contributed by atoms with Crippen molar-refractivity contribution in [3.05, 3.63) is 36.4 Å². The average Bonchev–Trinajstić information content (AvgIpc) is 2.36. The Morgan fingerprint density at radius 3 is 2.24 bits per heavy atom. The first-order chi connectivity index (χ1) is 8.24. The van der Waals surface area contributed by atoms with Crippen LogP contribution >= 0.6 is 0 Å². The van der Waals surface area contributed by atoms with E-state index in [9.17, 15) is 5.11 Å². The molecule has 0 fully saturated rings. The lowest BCUT2D eigenvalue weighted by molar-refractivity contribution is 0.186. The van der Waals surface area contributed by atoms with Crippen molar-refractivity contribution >= 4 is 10.8 Å². The fourth-order valence-corrected chi connectivity index (χ4v) is 1.94. The molecule has 2 aromatic carbocycles. The van der Waals surface area contributed by atoms with Gasteiger partial charge in [0.25, 0.3) is 0 Å². The molecule has 0 radical (unpaired) electrons. The Labute approximate surface area is 102 Å². The van der Waals surface area contributed by atoms with E-state index in [4.69, 9.17) is 4.74 Å². The highest BCUT2D eigenvalue weighted by atomic mass is 16.5. The summed E-state index contributed by atoms with van der Waals surface area (Å²) in [6.07, 6.45) is 2.06. The van der Waals surface area contributed by atoms with Crippen molar-refractivity contribution in [2.24, 2.45) is 0 Å². The van der Waals surface area contributed by atoms with Crippen molar-refractivity contribution in [1.29, 1.82) is 0 Å². The number of benzene rings is 2. The van der Waals surface area contributed by atoms with Crippen molar-refractivity contribution in [1.82, 2.24) is 0 Å². The molecule has 0 spiro atoms. The van der Waals surface area contributed by atoms with Gasteiger partial charge >= 0.3 is 0 Å². The molecule has 0 atom stereocenters. The van der Waals surface area contributed by atoms with Crippen LogP contribution in [0.1, 0.15) is 26.7 Å². The van der Waals surface area contributed by atoms with Gasteiger partial charge in [0.05, 0.1) is 6.10 Å². The maximum atomic E-state index is 9.92. The molecule has 0 heterocycles. The minimum absolute atomic E-state index is 0.169. The van der Waals surface area contributed by atoms with E-state index in [1.807, 2.05) is 30.3 Å². The third-order valence-electron chi connectivity index (χ3n) is 3.03. The van der Waals surface area contributed by atoms with E-state index in [0.717, 1.165) is 23.6 Å². The third-order valence-corrected chi connectivity index (χ3v) is 3.03. The number of rotatable bonds is 4. The molecule has 0 bridgehead atoms. The summed E-state index contributed by atoms with van der Waals surface area (Å²) in [5.74, 6) is 0.799. The van der Waals surface area contributed by atoms with E-state index < -0.39 is 0 Å². The van der Waals surface area contributed by atoms with E-state index in [-0.39, 0.29) is 11.9 Å². The zero-order chi connectivity index (χ0) is 12.3. The van der Waals surface area contributed by atoms with Gasteiger partial charge in [-0.25, -0.2) is 0 Å². The van der Waals surface area contributed by atoms with E-state index in [2.05, 4.69) is 13.8 Å². The third kappa shape index (κ3) is 2.52. The Balaban J connectivity index is 2.37. The number of fused-ring (bicyclic) bond motifs is 1. The summed E-state index contributed by atoms with van der Waals surface area (Å²) in [5, 5.41) is 12.0. The molecule has 0 aliphatic heterocycles. The molecule has 0 aromatic heterocycles. The lowest BCUT2D eigenvalue weighted by Gasteiger charge is -2.17. The van der Waals surface area contributed by atoms with Crippen molar-refractivity contribution in [2.75, 3.05) is 0 Å². The maximum Gasteiger partial charge on any atom is 0.161 e. The standard InChI is InChI=1S/C15H18O2/c1-3-13(4-2)17-15-10-12-8-6-5-7-11(12)9-14(15)16/h5-10,13,16H,3-4H2,1-2H3. The second kappa shape index (κ2) is 5.09. The van der Waals surface area contributed by atoms with Crippen LogP contribution in [0.15, 0.2) is 36.4 Å². The minimum Gasteiger partial charge on any atom is -0.504 e. The summed E-state index contributed by atoms with van der Waals surface area (Å²) < 4.78 is 5.80. The molecule has 17 heavy (non-hydrogen) atoms. The van der Waals surface area contributed by atoms with E-state index in [0.29, 0.717) is 5.75 Å². The molecule has 2 heteroatoms. The highest BCUT2D eigenvalue weighted by molar-refractivity contribution is 5.85. The van der Waals surface area contributed by atoms with E-state index >= 15 is 0 Å². The fraction of sp³-hybridized carbons (Fsp3) is 0.333. The molecule has 2 nitrogen and oxygen atoms in total. The van der Waals surface area contributed by atoms with Crippen molar-refractivity contribution in [3.8, 4) is 11.5 Å². The van der Waals surface area contributed by atoms with Gasteiger partial charge in [-0.05, 0) is 35.7 Å². The van der Waals surface area contributed by atoms with Crippen LogP contribution in [0.25, 0.3) is 10.8 Å². The molecule has 0 saturated heterocycles. The van der Waals surface area contributed by atoms with Gasteiger partial charge in [0, 0.05) is 0 Å². The predicted octanol–water partition coefficient (Wildman–Crippen LogP) is 4.11. The van der Waals surface area contributed by atoms with Gasteiger partial charge in [-0.3, -0.25) is 0 Å². The largest absolute Gasteiger partial charge is 0.504 e. The van der Waals surface area contributed by atoms with Gasteiger partial charge in [0.2, 0.25) is 0 Å². The molecule has 0 amide bonds. The van der Waals surface area contributed by atoms with Gasteiger partial charge < -0.3 is 9.84 Å². The van der Waals surface area contributed by atoms with Crippen LogP contribution in [-0.4, -0.2) is 11.2 Å². The number of phenols is 1. The summed E-state index contributed by atoms with van der Waals surface area (Å²) >= 11 is 0. The fourth-order valence-electron chi connectivity index (χ4n) is 1.94. The maximum absolute atomic E-state index is 9.92. The SMILES string of the molecule is CCC(CC)Oc1cc2ccccc2cc1O. The van der Waals surface area contributed by atoms with Crippen LogP contribution in [0.4, 0.5) is 0 Å². The number of ether oxygens (including phenoxy) is 1. The van der Waals surface area contributed by atoms with Crippen LogP contribution < -0.4 is 4.74 Å². The lowest BCUT2D eigenvalue weighted by atomic mass is 10.1. The number of hydrogen-bond donors (Lipinski definition) is 1. The first kappa shape index (κ1) is 11.8. The molecule has 2 rings (SSSR count). The smallest absolute Gasteiger partial charge is 0.161 e. The summed E-state index contributed by atoms with van der Waals surface area (Å²) in [6.45, 7) is 4.18. The molecule has 0 aliphatic rings. The predicted molar refractivity (Wildman–Crippen MR) is 70.6 cm³/mol. The number of hydrogen-bond acceptors (Lipinski definition) is 2. The molecular weight excluding hydrogens is 212 g/mol. The second-order valence-corrected chi connectivity index (χ2v) is 4.22. The number of phenolic OH excluding ortho intramolecular Hbond substituents is 1. The minimum atomic E-state index is 0.169. The Morgan fingerprint density at radius 1 is 1.06 bits per heavy atom. The van der Waals surface area contributed by atoms with Crippen LogP contribution in [0.5, 0.6) is 11.5 Å². The Hall–Kier alpha value is -1.70. The molecule has 0 saturated carbocycles. The van der Waals surface area contributed by atoms with Crippen LogP contribution in [-0.2, 0) is 0 Å². The van der Waals surface area contributed by atoms with Crippen LogP contribution in [0.2, 0.25) is 0 Å². The number of aromatic hydroxyl groups is 1. The molecule has 1 N–H and O–H groups in total. The van der Waals surface area contributed by atoms with Gasteiger partial charge in [-0.2, -0.15) is 0 Å². The highest BCUT2D eigenvalue weighted by Gasteiger charge is 2.10. The first-order valence-electron chi connectivity index (χ1n) is 6.13. The monoisotopic (exact) mass is 230 g/mol. The molecule has 90 valence electrons. The van der Waals surface area contributed by atoms with Crippen molar-refractivity contribution in [3.63, 3.8) is 0 Å². The van der Waals surface area contributed by atoms with Crippen LogP contribution in [0, 0.1) is 0 Å². The van der Waals surface area contributed by atoms with Gasteiger partial charge in [-0.15, -0.1) is 0 Å². The first-order valence-corrected chi connectivity index (χ1v) is 6.13. The summed E-state index contributed by atoms with van der Waals surface area (Å²) in [6, 6.07) is 11.6. The zero-order valence-corrected chi connectivity index (χ0v) is 10.3. The van der Waals surface area contributed by atoms with E-state index in [1.54, 1.807) is 6.07 Å². The molecule has 0 aliphatic carbocycles. The van der Waals surface area contributed by atoms with E-state index in [1.165, 1.54) is 0 Å². The Kier molecular flexibility index (Phi) is 3.52. The second-order valence-electron chi connectivity index (χ2n) is 4.22. The lowest BCUT2D eigenvalue weighted by Crippen LogP contribution is -2.13. The van der Waals surface area contributed by atoms with Crippen LogP contribution in [0.3, 0.4) is 0 Å². The topological polar surface area (TPSA) is 29.5 Å². The zero-order valence-electron chi connectivity index (χ0n) is 10.3. The normalized spacial score (nSPS) is 11.0. The van der Waals surface area contributed by atoms with Gasteiger partial charge in [-0.1, -0.05) is 38.1 Å². The Morgan fingerprint density at radius 2 is 1.65 bits per heavy atom. The molecular formula is C15H18O2. The van der Waals surface area contributed by atoms with Gasteiger partial charge in [0.15, 0.2) is 11.5 Å². The van der Waals surface area contributed by atoms with Crippen molar-refractivity contribution in [2.45, 2.75) is 32.8 Å². The van der Waals surface area contributed by atoms with Gasteiger partial charge in [0.1, 0.15) is 0 Å². The average molecular weight is 230 g/mol. The Bertz CT molecular complexity index is 501. The summed E-state index contributed by atoms with van der Waals surface area (Å²) in [5.41, 5.74) is 0.